The topological polar surface area (TPSA) is 89.6 Å². The molecule has 0 saturated heterocycles. The Labute approximate surface area is 120 Å². The number of benzene rings is 1. The van der Waals surface area contributed by atoms with Gasteiger partial charge >= 0.3 is 11.9 Å². The third-order valence-electron chi connectivity index (χ3n) is 2.09. The number of carbonyl (C=O) groups excluding carboxylic acids is 1. The number of anilines is 1. The summed E-state index contributed by atoms with van der Waals surface area (Å²) < 4.78 is 5.13. The van der Waals surface area contributed by atoms with E-state index in [0.29, 0.717) is 0 Å². The van der Waals surface area contributed by atoms with Gasteiger partial charge < -0.3 is 15.6 Å². The number of carbonyl (C=O) groups is 2. The molecule has 0 aromatic heterocycles. The summed E-state index contributed by atoms with van der Waals surface area (Å²) in [6.07, 6.45) is 0. The maximum absolute atomic E-state index is 11.9. The Morgan fingerprint density at radius 2 is 1.84 bits per heavy atom. The number of halogens is 2. The minimum absolute atomic E-state index is 0.120. The first-order chi connectivity index (χ1) is 8.54. The van der Waals surface area contributed by atoms with E-state index in [2.05, 4.69) is 0 Å². The number of nitrogen functional groups attached to an aromatic ring is 1. The molecule has 0 atom stereocenters. The second kappa shape index (κ2) is 5.27. The van der Waals surface area contributed by atoms with Crippen molar-refractivity contribution in [3.63, 3.8) is 0 Å². The number of aromatic carboxylic acids is 1. The van der Waals surface area contributed by atoms with Crippen LogP contribution in [0, 0.1) is 0 Å². The number of nitrogens with two attached hydrogens (primary N) is 1. The van der Waals surface area contributed by atoms with E-state index in [1.54, 1.807) is 20.8 Å². The highest BCUT2D eigenvalue weighted by atomic mass is 35.5. The first-order valence-electron chi connectivity index (χ1n) is 5.28. The van der Waals surface area contributed by atoms with Gasteiger partial charge in [0.1, 0.15) is 5.60 Å². The summed E-state index contributed by atoms with van der Waals surface area (Å²) >= 11 is 11.8. The zero-order chi connectivity index (χ0) is 15.0. The second-order valence-electron chi connectivity index (χ2n) is 4.82. The standard InChI is InChI=1S/C12H13Cl2NO4/c1-12(2,3)19-11(18)7-6(13)4-5(10(16)17)9(15)8(7)14/h4H,15H2,1-3H3,(H,16,17). The third-order valence-corrected chi connectivity index (χ3v) is 2.78. The van der Waals surface area contributed by atoms with E-state index in [4.69, 9.17) is 38.8 Å². The van der Waals surface area contributed by atoms with Crippen LogP contribution < -0.4 is 5.73 Å². The number of rotatable bonds is 2. The molecule has 1 aromatic carbocycles. The molecule has 0 radical (unpaired) electrons. The van der Waals surface area contributed by atoms with Crippen LogP contribution in [0.2, 0.25) is 10.0 Å². The van der Waals surface area contributed by atoms with Gasteiger partial charge in [0.05, 0.1) is 26.9 Å². The van der Waals surface area contributed by atoms with Crippen LogP contribution in [0.3, 0.4) is 0 Å². The Balaban J connectivity index is 3.35. The fraction of sp³-hybridized carbons (Fsp3) is 0.333. The summed E-state index contributed by atoms with van der Waals surface area (Å²) in [5, 5.41) is 8.57. The van der Waals surface area contributed by atoms with Crippen LogP contribution >= 0.6 is 23.2 Å². The van der Waals surface area contributed by atoms with Crippen LogP contribution in [-0.4, -0.2) is 22.6 Å². The van der Waals surface area contributed by atoms with Crippen LogP contribution in [0.5, 0.6) is 0 Å². The lowest BCUT2D eigenvalue weighted by Crippen LogP contribution is -2.24. The number of hydrogen-bond acceptors (Lipinski definition) is 4. The first kappa shape index (κ1) is 15.6. The third kappa shape index (κ3) is 3.52. The SMILES string of the molecule is CC(C)(C)OC(=O)c1c(Cl)cc(C(=O)O)c(N)c1Cl. The molecule has 0 fully saturated rings. The van der Waals surface area contributed by atoms with Gasteiger partial charge in [-0.3, -0.25) is 0 Å². The lowest BCUT2D eigenvalue weighted by molar-refractivity contribution is 0.00696. The van der Waals surface area contributed by atoms with E-state index in [1.807, 2.05) is 0 Å². The lowest BCUT2D eigenvalue weighted by Gasteiger charge is -2.21. The predicted octanol–water partition coefficient (Wildman–Crippen LogP) is 3.23. The highest BCUT2D eigenvalue weighted by Gasteiger charge is 2.26. The van der Waals surface area contributed by atoms with Crippen molar-refractivity contribution < 1.29 is 19.4 Å². The number of hydrogen-bond donors (Lipinski definition) is 2. The number of carboxylic acid groups (broad SMARTS) is 1. The lowest BCUT2D eigenvalue weighted by atomic mass is 10.1. The molecule has 1 aromatic rings. The Bertz CT molecular complexity index is 550. The zero-order valence-electron chi connectivity index (χ0n) is 10.6. The highest BCUT2D eigenvalue weighted by Crippen LogP contribution is 2.34. The molecule has 0 amide bonds. The van der Waals surface area contributed by atoms with Crippen LogP contribution in [0.1, 0.15) is 41.5 Å². The maximum Gasteiger partial charge on any atom is 0.341 e. The van der Waals surface area contributed by atoms with E-state index in [9.17, 15) is 9.59 Å². The minimum Gasteiger partial charge on any atom is -0.478 e. The maximum atomic E-state index is 11.9. The first-order valence-corrected chi connectivity index (χ1v) is 6.04. The van der Waals surface area contributed by atoms with Crippen molar-refractivity contribution >= 4 is 40.8 Å². The molecule has 0 unspecified atom stereocenters. The number of carboxylic acids is 1. The molecule has 0 aliphatic carbocycles. The van der Waals surface area contributed by atoms with Gasteiger partial charge in [-0.2, -0.15) is 0 Å². The molecule has 104 valence electrons. The average molecular weight is 306 g/mol. The van der Waals surface area contributed by atoms with Gasteiger partial charge in [-0.1, -0.05) is 23.2 Å². The Morgan fingerprint density at radius 1 is 1.32 bits per heavy atom. The zero-order valence-corrected chi connectivity index (χ0v) is 12.1. The van der Waals surface area contributed by atoms with Crippen LogP contribution in [0.15, 0.2) is 6.07 Å². The van der Waals surface area contributed by atoms with Gasteiger partial charge in [0.15, 0.2) is 0 Å². The quantitative estimate of drug-likeness (QED) is 0.646. The Kier molecular flexibility index (Phi) is 4.32. The van der Waals surface area contributed by atoms with Crippen LogP contribution in [0.25, 0.3) is 0 Å². The van der Waals surface area contributed by atoms with E-state index in [-0.39, 0.29) is 26.9 Å². The molecule has 1 rings (SSSR count). The van der Waals surface area contributed by atoms with Crippen molar-refractivity contribution in [1.29, 1.82) is 0 Å². The molecule has 0 spiro atoms. The summed E-state index contributed by atoms with van der Waals surface area (Å²) in [5.74, 6) is -2.04. The fourth-order valence-corrected chi connectivity index (χ4v) is 1.94. The second-order valence-corrected chi connectivity index (χ2v) is 5.60. The van der Waals surface area contributed by atoms with Gasteiger partial charge in [0.25, 0.3) is 0 Å². The van der Waals surface area contributed by atoms with Gasteiger partial charge in [-0.25, -0.2) is 9.59 Å². The van der Waals surface area contributed by atoms with Crippen molar-refractivity contribution in [3.05, 3.63) is 27.2 Å². The van der Waals surface area contributed by atoms with E-state index in [0.717, 1.165) is 6.07 Å². The van der Waals surface area contributed by atoms with E-state index in [1.165, 1.54) is 0 Å². The highest BCUT2D eigenvalue weighted by molar-refractivity contribution is 6.41. The summed E-state index contributed by atoms with van der Waals surface area (Å²) in [4.78, 5) is 22.9. The molecular weight excluding hydrogens is 293 g/mol. The van der Waals surface area contributed by atoms with Crippen LogP contribution in [0.4, 0.5) is 5.69 Å². The molecule has 7 heteroatoms. The average Bonchev–Trinajstić information content (AvgIpc) is 2.20. The number of esters is 1. The fourth-order valence-electron chi connectivity index (χ4n) is 1.33. The van der Waals surface area contributed by atoms with E-state index < -0.39 is 17.5 Å². The molecule has 3 N–H and O–H groups in total. The number of ether oxygens (including phenoxy) is 1. The molecule has 0 aliphatic rings. The molecule has 0 aliphatic heterocycles. The molecule has 0 saturated carbocycles. The van der Waals surface area contributed by atoms with Gasteiger partial charge in [-0.05, 0) is 26.8 Å². The minimum atomic E-state index is -1.28. The monoisotopic (exact) mass is 305 g/mol. The molecule has 19 heavy (non-hydrogen) atoms. The summed E-state index contributed by atoms with van der Waals surface area (Å²) in [7, 11) is 0. The van der Waals surface area contributed by atoms with Crippen molar-refractivity contribution in [2.45, 2.75) is 26.4 Å². The summed E-state index contributed by atoms with van der Waals surface area (Å²) in [5.41, 5.74) is 4.22. The Hall–Kier alpha value is -1.46. The molecule has 0 heterocycles. The molecular formula is C12H13Cl2NO4. The summed E-state index contributed by atoms with van der Waals surface area (Å²) in [6.45, 7) is 5.05. The van der Waals surface area contributed by atoms with Gasteiger partial charge in [0.2, 0.25) is 0 Å². The van der Waals surface area contributed by atoms with Crippen molar-refractivity contribution in [3.8, 4) is 0 Å². The van der Waals surface area contributed by atoms with Gasteiger partial charge in [0, 0.05) is 0 Å². The normalized spacial score (nSPS) is 11.2. The smallest absolute Gasteiger partial charge is 0.341 e. The van der Waals surface area contributed by atoms with Crippen molar-refractivity contribution in [2.75, 3.05) is 5.73 Å². The molecule has 5 nitrogen and oxygen atoms in total. The molecule has 0 bridgehead atoms. The van der Waals surface area contributed by atoms with Crippen molar-refractivity contribution in [2.24, 2.45) is 0 Å². The van der Waals surface area contributed by atoms with Crippen LogP contribution in [-0.2, 0) is 4.74 Å². The summed E-state index contributed by atoms with van der Waals surface area (Å²) in [6, 6.07) is 1.07. The predicted molar refractivity (Wildman–Crippen MR) is 73.0 cm³/mol. The van der Waals surface area contributed by atoms with Crippen molar-refractivity contribution in [1.82, 2.24) is 0 Å². The largest absolute Gasteiger partial charge is 0.478 e. The Morgan fingerprint density at radius 3 is 2.26 bits per heavy atom. The van der Waals surface area contributed by atoms with E-state index >= 15 is 0 Å². The van der Waals surface area contributed by atoms with Gasteiger partial charge in [-0.15, -0.1) is 0 Å².